The van der Waals surface area contributed by atoms with Gasteiger partial charge in [-0.3, -0.25) is 14.3 Å². The first-order valence-corrected chi connectivity index (χ1v) is 8.58. The molecule has 6 nitrogen and oxygen atoms in total. The first kappa shape index (κ1) is 16.0. The van der Waals surface area contributed by atoms with Crippen molar-refractivity contribution in [3.63, 3.8) is 0 Å². The topological polar surface area (TPSA) is 58.4 Å². The van der Waals surface area contributed by atoms with Crippen LogP contribution in [-0.4, -0.2) is 57.1 Å². The maximum atomic E-state index is 12.8. The third-order valence-corrected chi connectivity index (χ3v) is 5.14. The van der Waals surface area contributed by atoms with Crippen LogP contribution in [0.25, 0.3) is 0 Å². The molecule has 0 saturated carbocycles. The number of likely N-dealkylation sites (tertiary alicyclic amines) is 2. The summed E-state index contributed by atoms with van der Waals surface area (Å²) < 4.78 is 1.72. The molecule has 0 unspecified atom stereocenters. The van der Waals surface area contributed by atoms with Gasteiger partial charge in [-0.25, -0.2) is 0 Å². The van der Waals surface area contributed by atoms with Gasteiger partial charge in [0.1, 0.15) is 6.54 Å². The number of aromatic nitrogens is 2. The monoisotopic (exact) mass is 318 g/mol. The molecule has 0 spiro atoms. The van der Waals surface area contributed by atoms with Crippen molar-refractivity contribution in [2.24, 2.45) is 5.92 Å². The van der Waals surface area contributed by atoms with Gasteiger partial charge in [-0.2, -0.15) is 5.10 Å². The van der Waals surface area contributed by atoms with Gasteiger partial charge in [-0.15, -0.1) is 0 Å². The Labute approximate surface area is 137 Å². The standard InChI is InChI=1S/C17H26N4O2/c1-13-9-18-20(10-13)12-17(23)21-7-4-3-5-15-11-19(14(2)22)8-6-16(15)21/h9-10,15-16H,3-8,11-12H2,1-2H3/t15-,16+/m0/s1. The summed E-state index contributed by atoms with van der Waals surface area (Å²) in [7, 11) is 0. The fourth-order valence-corrected chi connectivity index (χ4v) is 3.95. The lowest BCUT2D eigenvalue weighted by molar-refractivity contribution is -0.138. The molecule has 6 heteroatoms. The molecule has 2 fully saturated rings. The third kappa shape index (κ3) is 3.57. The number of amides is 2. The zero-order valence-corrected chi connectivity index (χ0v) is 14.1. The quantitative estimate of drug-likeness (QED) is 0.829. The minimum atomic E-state index is 0.151. The second-order valence-electron chi connectivity index (χ2n) is 6.88. The minimum Gasteiger partial charge on any atom is -0.343 e. The number of hydrogen-bond acceptors (Lipinski definition) is 3. The second-order valence-corrected chi connectivity index (χ2v) is 6.88. The number of carbonyl (C=O) groups is 2. The van der Waals surface area contributed by atoms with Crippen LogP contribution in [0.4, 0.5) is 0 Å². The lowest BCUT2D eigenvalue weighted by atomic mass is 9.88. The van der Waals surface area contributed by atoms with Gasteiger partial charge < -0.3 is 9.80 Å². The molecule has 2 aliphatic heterocycles. The molecule has 0 N–H and O–H groups in total. The Bertz CT molecular complexity index is 583. The molecular weight excluding hydrogens is 292 g/mol. The summed E-state index contributed by atoms with van der Waals surface area (Å²) in [6, 6.07) is 0.275. The van der Waals surface area contributed by atoms with Gasteiger partial charge in [0.25, 0.3) is 0 Å². The largest absolute Gasteiger partial charge is 0.343 e. The first-order valence-electron chi connectivity index (χ1n) is 8.58. The van der Waals surface area contributed by atoms with Gasteiger partial charge in [0.15, 0.2) is 0 Å². The van der Waals surface area contributed by atoms with Crippen molar-refractivity contribution >= 4 is 11.8 Å². The Morgan fingerprint density at radius 1 is 1.26 bits per heavy atom. The van der Waals surface area contributed by atoms with Crippen LogP contribution in [0.5, 0.6) is 0 Å². The third-order valence-electron chi connectivity index (χ3n) is 5.14. The Morgan fingerprint density at radius 3 is 2.78 bits per heavy atom. The van der Waals surface area contributed by atoms with Crippen molar-refractivity contribution in [3.8, 4) is 0 Å². The normalized spacial score (nSPS) is 25.0. The number of fused-ring (bicyclic) bond motifs is 1. The lowest BCUT2D eigenvalue weighted by Gasteiger charge is -2.42. The van der Waals surface area contributed by atoms with Crippen LogP contribution in [-0.2, 0) is 16.1 Å². The summed E-state index contributed by atoms with van der Waals surface area (Å²) in [5.74, 6) is 0.720. The van der Waals surface area contributed by atoms with E-state index < -0.39 is 0 Å². The average molecular weight is 318 g/mol. The highest BCUT2D eigenvalue weighted by atomic mass is 16.2. The predicted octanol–water partition coefficient (Wildman–Crippen LogP) is 1.44. The van der Waals surface area contributed by atoms with Crippen molar-refractivity contribution in [1.29, 1.82) is 0 Å². The van der Waals surface area contributed by atoms with E-state index in [2.05, 4.69) is 10.00 Å². The Kier molecular flexibility index (Phi) is 4.68. The van der Waals surface area contributed by atoms with Crippen molar-refractivity contribution in [2.75, 3.05) is 19.6 Å². The molecule has 0 aromatic carbocycles. The number of carbonyl (C=O) groups excluding carboxylic acids is 2. The van der Waals surface area contributed by atoms with Crippen molar-refractivity contribution in [3.05, 3.63) is 18.0 Å². The highest BCUT2D eigenvalue weighted by Crippen LogP contribution is 2.30. The Hall–Kier alpha value is -1.85. The molecular formula is C17H26N4O2. The van der Waals surface area contributed by atoms with Crippen LogP contribution in [0, 0.1) is 12.8 Å². The van der Waals surface area contributed by atoms with Gasteiger partial charge in [-0.05, 0) is 37.7 Å². The van der Waals surface area contributed by atoms with E-state index in [0.29, 0.717) is 12.5 Å². The second kappa shape index (κ2) is 6.72. The van der Waals surface area contributed by atoms with E-state index >= 15 is 0 Å². The molecule has 2 amide bonds. The fourth-order valence-electron chi connectivity index (χ4n) is 3.95. The van der Waals surface area contributed by atoms with E-state index in [1.54, 1.807) is 17.8 Å². The zero-order chi connectivity index (χ0) is 16.4. The number of rotatable bonds is 2. The lowest BCUT2D eigenvalue weighted by Crippen LogP contribution is -2.53. The maximum Gasteiger partial charge on any atom is 0.244 e. The zero-order valence-electron chi connectivity index (χ0n) is 14.1. The molecule has 2 aliphatic rings. The van der Waals surface area contributed by atoms with Gasteiger partial charge in [0.2, 0.25) is 11.8 Å². The van der Waals surface area contributed by atoms with E-state index in [4.69, 9.17) is 0 Å². The summed E-state index contributed by atoms with van der Waals surface area (Å²) in [5.41, 5.74) is 1.07. The van der Waals surface area contributed by atoms with E-state index in [1.165, 1.54) is 0 Å². The summed E-state index contributed by atoms with van der Waals surface area (Å²) in [6.45, 7) is 6.33. The van der Waals surface area contributed by atoms with Gasteiger partial charge in [-0.1, -0.05) is 6.42 Å². The van der Waals surface area contributed by atoms with Crippen LogP contribution in [0.15, 0.2) is 12.4 Å². The molecule has 1 aromatic rings. The summed E-state index contributed by atoms with van der Waals surface area (Å²) >= 11 is 0. The number of nitrogens with zero attached hydrogens (tertiary/aromatic N) is 4. The molecule has 1 aromatic heterocycles. The SMILES string of the molecule is CC(=O)N1CC[C@@H]2[C@@H](CCCCN2C(=O)Cn2cc(C)cn2)C1. The van der Waals surface area contributed by atoms with E-state index in [9.17, 15) is 9.59 Å². The van der Waals surface area contributed by atoms with Crippen molar-refractivity contribution in [1.82, 2.24) is 19.6 Å². The van der Waals surface area contributed by atoms with Gasteiger partial charge in [0.05, 0.1) is 6.20 Å². The van der Waals surface area contributed by atoms with E-state index in [0.717, 1.165) is 50.9 Å². The Balaban J connectivity index is 1.70. The molecule has 0 radical (unpaired) electrons. The molecule has 0 bridgehead atoms. The van der Waals surface area contributed by atoms with Crippen LogP contribution in [0.1, 0.15) is 38.2 Å². The maximum absolute atomic E-state index is 12.8. The van der Waals surface area contributed by atoms with Crippen LogP contribution >= 0.6 is 0 Å². The average Bonchev–Trinajstić information content (AvgIpc) is 2.81. The van der Waals surface area contributed by atoms with Crippen LogP contribution < -0.4 is 0 Å². The highest BCUT2D eigenvalue weighted by molar-refractivity contribution is 5.76. The number of aryl methyl sites for hydroxylation is 1. The van der Waals surface area contributed by atoms with Crippen LogP contribution in [0.3, 0.4) is 0 Å². The van der Waals surface area contributed by atoms with E-state index in [1.807, 2.05) is 18.0 Å². The fraction of sp³-hybridized carbons (Fsp3) is 0.706. The summed E-state index contributed by atoms with van der Waals surface area (Å²) in [6.07, 6.45) is 7.89. The summed E-state index contributed by atoms with van der Waals surface area (Å²) in [5, 5.41) is 4.23. The Morgan fingerprint density at radius 2 is 2.09 bits per heavy atom. The first-order chi connectivity index (χ1) is 11.0. The smallest absolute Gasteiger partial charge is 0.244 e. The van der Waals surface area contributed by atoms with Gasteiger partial charge in [0, 0.05) is 38.8 Å². The molecule has 126 valence electrons. The molecule has 0 aliphatic carbocycles. The molecule has 23 heavy (non-hydrogen) atoms. The van der Waals surface area contributed by atoms with Gasteiger partial charge >= 0.3 is 0 Å². The van der Waals surface area contributed by atoms with Crippen LogP contribution in [0.2, 0.25) is 0 Å². The molecule has 3 heterocycles. The van der Waals surface area contributed by atoms with Crippen molar-refractivity contribution in [2.45, 2.75) is 52.1 Å². The van der Waals surface area contributed by atoms with E-state index in [-0.39, 0.29) is 17.9 Å². The van der Waals surface area contributed by atoms with Crippen molar-refractivity contribution < 1.29 is 9.59 Å². The number of piperidine rings is 1. The molecule has 2 saturated heterocycles. The number of hydrogen-bond donors (Lipinski definition) is 0. The predicted molar refractivity (Wildman–Crippen MR) is 86.7 cm³/mol. The molecule has 3 rings (SSSR count). The minimum absolute atomic E-state index is 0.151. The summed E-state index contributed by atoms with van der Waals surface area (Å²) in [4.78, 5) is 28.4. The highest BCUT2D eigenvalue weighted by Gasteiger charge is 2.37. The molecule has 2 atom stereocenters.